The topological polar surface area (TPSA) is 24.9 Å². The number of pyridine rings is 1. The molecule has 0 aromatic carbocycles. The minimum Gasteiger partial charge on any atom is -0.312 e. The summed E-state index contributed by atoms with van der Waals surface area (Å²) in [4.78, 5) is 4.32. The van der Waals surface area contributed by atoms with Crippen molar-refractivity contribution < 1.29 is 0 Å². The highest BCUT2D eigenvalue weighted by Gasteiger charge is 2.37. The molecule has 1 unspecified atom stereocenters. The molecular formula is C14H22N2. The summed E-state index contributed by atoms with van der Waals surface area (Å²) in [6.07, 6.45) is 9.33. The molecular weight excluding hydrogens is 196 g/mol. The van der Waals surface area contributed by atoms with Gasteiger partial charge in [0.15, 0.2) is 0 Å². The van der Waals surface area contributed by atoms with Crippen molar-refractivity contribution >= 4 is 0 Å². The first-order valence-electron chi connectivity index (χ1n) is 6.24. The van der Waals surface area contributed by atoms with Crippen molar-refractivity contribution in [1.82, 2.24) is 10.3 Å². The van der Waals surface area contributed by atoms with Crippen molar-refractivity contribution in [3.05, 3.63) is 29.6 Å². The van der Waals surface area contributed by atoms with Gasteiger partial charge in [0, 0.05) is 18.4 Å². The molecule has 1 saturated carbocycles. The molecule has 1 aromatic rings. The van der Waals surface area contributed by atoms with Crippen LogP contribution in [0.4, 0.5) is 0 Å². The average Bonchev–Trinajstić information content (AvgIpc) is 2.67. The van der Waals surface area contributed by atoms with Gasteiger partial charge >= 0.3 is 0 Å². The minimum absolute atomic E-state index is 0.407. The van der Waals surface area contributed by atoms with E-state index in [9.17, 15) is 0 Å². The molecule has 1 aromatic heterocycles. The Balaban J connectivity index is 2.28. The van der Waals surface area contributed by atoms with Crippen molar-refractivity contribution in [3.8, 4) is 0 Å². The van der Waals surface area contributed by atoms with Gasteiger partial charge in [-0.1, -0.05) is 25.8 Å². The standard InChI is InChI=1S/C14H22N2/c1-11-8-12(10-16-9-11)13(15-3)14(2)6-4-5-7-14/h8-10,13,15H,4-7H2,1-3H3. The molecule has 0 aliphatic heterocycles. The van der Waals surface area contributed by atoms with E-state index in [1.54, 1.807) is 0 Å². The lowest BCUT2D eigenvalue weighted by Gasteiger charge is -2.34. The second kappa shape index (κ2) is 4.54. The maximum atomic E-state index is 4.32. The summed E-state index contributed by atoms with van der Waals surface area (Å²) in [5.74, 6) is 0. The van der Waals surface area contributed by atoms with Crippen LogP contribution in [-0.2, 0) is 0 Å². The molecule has 1 N–H and O–H groups in total. The van der Waals surface area contributed by atoms with Crippen LogP contribution in [0.15, 0.2) is 18.5 Å². The first-order chi connectivity index (χ1) is 7.65. The molecule has 1 atom stereocenters. The Bertz CT molecular complexity index is 354. The molecule has 88 valence electrons. The van der Waals surface area contributed by atoms with Crippen LogP contribution in [0.3, 0.4) is 0 Å². The van der Waals surface area contributed by atoms with Gasteiger partial charge in [-0.05, 0) is 43.4 Å². The van der Waals surface area contributed by atoms with Gasteiger partial charge in [-0.25, -0.2) is 0 Å². The smallest absolute Gasteiger partial charge is 0.0387 e. The van der Waals surface area contributed by atoms with Crippen molar-refractivity contribution in [1.29, 1.82) is 0 Å². The molecule has 16 heavy (non-hydrogen) atoms. The summed E-state index contributed by atoms with van der Waals surface area (Å²) in [5.41, 5.74) is 3.00. The lowest BCUT2D eigenvalue weighted by molar-refractivity contribution is 0.233. The van der Waals surface area contributed by atoms with E-state index in [2.05, 4.69) is 37.3 Å². The Hall–Kier alpha value is -0.890. The fraction of sp³-hybridized carbons (Fsp3) is 0.643. The molecule has 2 rings (SSSR count). The summed E-state index contributed by atoms with van der Waals surface area (Å²) in [6, 6.07) is 2.71. The van der Waals surface area contributed by atoms with Gasteiger partial charge in [-0.15, -0.1) is 0 Å². The number of hydrogen-bond acceptors (Lipinski definition) is 2. The third kappa shape index (κ3) is 2.12. The number of aryl methyl sites for hydroxylation is 1. The van der Waals surface area contributed by atoms with Gasteiger partial charge in [0.25, 0.3) is 0 Å². The van der Waals surface area contributed by atoms with Crippen molar-refractivity contribution in [2.45, 2.75) is 45.6 Å². The normalized spacial score (nSPS) is 20.9. The Morgan fingerprint density at radius 1 is 1.31 bits per heavy atom. The monoisotopic (exact) mass is 218 g/mol. The van der Waals surface area contributed by atoms with E-state index >= 15 is 0 Å². The molecule has 0 spiro atoms. The van der Waals surface area contributed by atoms with Crippen LogP contribution in [0.5, 0.6) is 0 Å². The third-order valence-electron chi connectivity index (χ3n) is 3.96. The fourth-order valence-corrected chi connectivity index (χ4v) is 3.13. The summed E-state index contributed by atoms with van der Waals surface area (Å²) in [6.45, 7) is 4.52. The highest BCUT2D eigenvalue weighted by atomic mass is 14.9. The van der Waals surface area contributed by atoms with Gasteiger partial charge < -0.3 is 5.32 Å². The molecule has 1 aliphatic rings. The predicted octanol–water partition coefficient (Wildman–Crippen LogP) is 3.23. The zero-order valence-corrected chi connectivity index (χ0v) is 10.6. The summed E-state index contributed by atoms with van der Waals surface area (Å²) < 4.78 is 0. The van der Waals surface area contributed by atoms with E-state index in [0.29, 0.717) is 11.5 Å². The zero-order valence-electron chi connectivity index (χ0n) is 10.6. The van der Waals surface area contributed by atoms with Crippen LogP contribution in [0.2, 0.25) is 0 Å². The van der Waals surface area contributed by atoms with Gasteiger partial charge in [-0.3, -0.25) is 4.98 Å². The fourth-order valence-electron chi connectivity index (χ4n) is 3.13. The Labute approximate surface area is 98.5 Å². The highest BCUT2D eigenvalue weighted by molar-refractivity contribution is 5.22. The van der Waals surface area contributed by atoms with Crippen LogP contribution >= 0.6 is 0 Å². The molecule has 0 saturated heterocycles. The number of hydrogen-bond donors (Lipinski definition) is 1. The first kappa shape index (κ1) is 11.6. The number of nitrogens with one attached hydrogen (secondary N) is 1. The van der Waals surface area contributed by atoms with Crippen LogP contribution < -0.4 is 5.32 Å². The predicted molar refractivity (Wildman–Crippen MR) is 67.3 cm³/mol. The Kier molecular flexibility index (Phi) is 3.29. The molecule has 2 heteroatoms. The second-order valence-corrected chi connectivity index (χ2v) is 5.38. The lowest BCUT2D eigenvalue weighted by atomic mass is 9.77. The molecule has 1 aliphatic carbocycles. The number of nitrogens with zero attached hydrogens (tertiary/aromatic N) is 1. The van der Waals surface area contributed by atoms with Crippen molar-refractivity contribution in [3.63, 3.8) is 0 Å². The molecule has 0 amide bonds. The second-order valence-electron chi connectivity index (χ2n) is 5.38. The van der Waals surface area contributed by atoms with Crippen LogP contribution in [-0.4, -0.2) is 12.0 Å². The molecule has 0 radical (unpaired) electrons. The van der Waals surface area contributed by atoms with Gasteiger partial charge in [0.05, 0.1) is 0 Å². The van der Waals surface area contributed by atoms with E-state index in [1.807, 2.05) is 12.4 Å². The highest BCUT2D eigenvalue weighted by Crippen LogP contribution is 2.46. The van der Waals surface area contributed by atoms with E-state index in [4.69, 9.17) is 0 Å². The number of aromatic nitrogens is 1. The van der Waals surface area contributed by atoms with Crippen LogP contribution in [0, 0.1) is 12.3 Å². The lowest BCUT2D eigenvalue weighted by Crippen LogP contribution is -2.32. The number of rotatable bonds is 3. The Morgan fingerprint density at radius 2 is 2.00 bits per heavy atom. The molecule has 1 heterocycles. The summed E-state index contributed by atoms with van der Waals surface area (Å²) in [5, 5.41) is 3.49. The maximum absolute atomic E-state index is 4.32. The van der Waals surface area contributed by atoms with Gasteiger partial charge in [0.1, 0.15) is 0 Å². The molecule has 2 nitrogen and oxygen atoms in total. The van der Waals surface area contributed by atoms with Crippen LogP contribution in [0.25, 0.3) is 0 Å². The molecule has 0 bridgehead atoms. The third-order valence-corrected chi connectivity index (χ3v) is 3.96. The van der Waals surface area contributed by atoms with Crippen molar-refractivity contribution in [2.24, 2.45) is 5.41 Å². The Morgan fingerprint density at radius 3 is 2.56 bits per heavy atom. The van der Waals surface area contributed by atoms with Crippen molar-refractivity contribution in [2.75, 3.05) is 7.05 Å². The average molecular weight is 218 g/mol. The maximum Gasteiger partial charge on any atom is 0.0387 e. The summed E-state index contributed by atoms with van der Waals surface area (Å²) in [7, 11) is 2.07. The first-order valence-corrected chi connectivity index (χ1v) is 6.24. The van der Waals surface area contributed by atoms with E-state index in [1.165, 1.54) is 36.8 Å². The zero-order chi connectivity index (χ0) is 11.6. The quantitative estimate of drug-likeness (QED) is 0.842. The van der Waals surface area contributed by atoms with Gasteiger partial charge in [-0.2, -0.15) is 0 Å². The van der Waals surface area contributed by atoms with E-state index < -0.39 is 0 Å². The van der Waals surface area contributed by atoms with E-state index in [0.717, 1.165) is 0 Å². The summed E-state index contributed by atoms with van der Waals surface area (Å²) >= 11 is 0. The molecule has 1 fully saturated rings. The minimum atomic E-state index is 0.407. The van der Waals surface area contributed by atoms with Crippen LogP contribution in [0.1, 0.15) is 49.8 Å². The SMILES string of the molecule is CNC(c1cncc(C)c1)C1(C)CCCC1. The van der Waals surface area contributed by atoms with Gasteiger partial charge in [0.2, 0.25) is 0 Å². The van der Waals surface area contributed by atoms with E-state index in [-0.39, 0.29) is 0 Å². The largest absolute Gasteiger partial charge is 0.312 e.